The van der Waals surface area contributed by atoms with E-state index in [0.717, 1.165) is 6.07 Å². The number of benzene rings is 1. The smallest absolute Gasteiger partial charge is 0.174 e. The van der Waals surface area contributed by atoms with Crippen LogP contribution >= 0.6 is 15.9 Å². The third-order valence-corrected chi connectivity index (χ3v) is 2.39. The summed E-state index contributed by atoms with van der Waals surface area (Å²) in [5.74, 6) is -0.911. The van der Waals surface area contributed by atoms with Gasteiger partial charge >= 0.3 is 0 Å². The van der Waals surface area contributed by atoms with Crippen molar-refractivity contribution in [2.45, 2.75) is 0 Å². The van der Waals surface area contributed by atoms with Crippen LogP contribution in [-0.2, 0) is 0 Å². The van der Waals surface area contributed by atoms with Gasteiger partial charge in [-0.05, 0) is 6.07 Å². The van der Waals surface area contributed by atoms with Gasteiger partial charge in [0.2, 0.25) is 0 Å². The van der Waals surface area contributed by atoms with Crippen molar-refractivity contribution in [1.82, 2.24) is 0 Å². The van der Waals surface area contributed by atoms with Crippen LogP contribution in [0, 0.1) is 5.82 Å². The fourth-order valence-corrected chi connectivity index (χ4v) is 1.44. The Balaban J connectivity index is 3.38. The Bertz CT molecular complexity index is 404. The van der Waals surface area contributed by atoms with Crippen molar-refractivity contribution in [3.8, 4) is 5.75 Å². The van der Waals surface area contributed by atoms with Crippen molar-refractivity contribution in [2.24, 2.45) is 0 Å². The van der Waals surface area contributed by atoms with Gasteiger partial charge in [-0.2, -0.15) is 0 Å². The van der Waals surface area contributed by atoms with E-state index in [4.69, 9.17) is 4.74 Å². The highest BCUT2D eigenvalue weighted by molar-refractivity contribution is 9.09. The summed E-state index contributed by atoms with van der Waals surface area (Å²) in [6.07, 6.45) is 0.324. The molecule has 0 aromatic heterocycles. The lowest BCUT2D eigenvalue weighted by Crippen LogP contribution is -2.07. The predicted octanol–water partition coefficient (Wildman–Crippen LogP) is 2.22. The lowest BCUT2D eigenvalue weighted by molar-refractivity contribution is 0.101. The van der Waals surface area contributed by atoms with E-state index in [1.165, 1.54) is 13.2 Å². The Morgan fingerprint density at radius 1 is 1.60 bits per heavy atom. The van der Waals surface area contributed by atoms with Gasteiger partial charge in [0, 0.05) is 11.6 Å². The minimum absolute atomic E-state index is 0.0266. The molecular weight excluding hydrogens is 267 g/mol. The van der Waals surface area contributed by atoms with Crippen molar-refractivity contribution < 1.29 is 18.7 Å². The first-order valence-electron chi connectivity index (χ1n) is 4.06. The van der Waals surface area contributed by atoms with Crippen LogP contribution < -0.4 is 4.74 Å². The first-order chi connectivity index (χ1) is 7.13. The summed E-state index contributed by atoms with van der Waals surface area (Å²) < 4.78 is 18.1. The van der Waals surface area contributed by atoms with E-state index in [2.05, 4.69) is 15.9 Å². The van der Waals surface area contributed by atoms with Crippen LogP contribution in [0.5, 0.6) is 5.75 Å². The highest BCUT2D eigenvalue weighted by Crippen LogP contribution is 2.21. The molecule has 1 aromatic rings. The number of ether oxygens (including phenoxy) is 1. The molecule has 0 aliphatic carbocycles. The number of halogens is 2. The second kappa shape index (κ2) is 5.02. The van der Waals surface area contributed by atoms with E-state index in [0.29, 0.717) is 6.29 Å². The summed E-state index contributed by atoms with van der Waals surface area (Å²) in [5.41, 5.74) is -0.209. The van der Waals surface area contributed by atoms with Crippen LogP contribution in [0.1, 0.15) is 20.7 Å². The number of ketones is 1. The Morgan fingerprint density at radius 2 is 2.27 bits per heavy atom. The molecule has 15 heavy (non-hydrogen) atoms. The zero-order valence-electron chi connectivity index (χ0n) is 7.92. The molecule has 0 aliphatic rings. The largest absolute Gasteiger partial charge is 0.497 e. The number of Topliss-reactive ketones (excluding diaryl/α,β-unsaturated/α-hetero) is 1. The van der Waals surface area contributed by atoms with Crippen molar-refractivity contribution in [2.75, 3.05) is 12.4 Å². The van der Waals surface area contributed by atoms with Gasteiger partial charge in [0.25, 0.3) is 0 Å². The minimum atomic E-state index is -0.756. The maximum absolute atomic E-state index is 13.3. The number of alkyl halides is 1. The third kappa shape index (κ3) is 2.41. The van der Waals surface area contributed by atoms with Crippen molar-refractivity contribution in [1.29, 1.82) is 0 Å². The van der Waals surface area contributed by atoms with Gasteiger partial charge in [0.05, 0.1) is 18.0 Å². The first-order valence-corrected chi connectivity index (χ1v) is 5.18. The van der Waals surface area contributed by atoms with Gasteiger partial charge in [-0.25, -0.2) is 4.39 Å². The monoisotopic (exact) mass is 274 g/mol. The Kier molecular flexibility index (Phi) is 3.96. The molecule has 0 aliphatic heterocycles. The van der Waals surface area contributed by atoms with Crippen LogP contribution in [0.15, 0.2) is 12.1 Å². The standard InChI is InChI=1S/C10H8BrFO3/c1-15-6-2-7(10(14)4-11)8(5-13)9(12)3-6/h2-3,5H,4H2,1H3. The Morgan fingerprint density at radius 3 is 2.73 bits per heavy atom. The minimum Gasteiger partial charge on any atom is -0.497 e. The second-order valence-electron chi connectivity index (χ2n) is 2.75. The normalized spacial score (nSPS) is 9.80. The van der Waals surface area contributed by atoms with Gasteiger partial charge in [-0.3, -0.25) is 9.59 Å². The van der Waals surface area contributed by atoms with E-state index >= 15 is 0 Å². The first kappa shape index (κ1) is 11.8. The molecule has 5 heteroatoms. The molecule has 1 rings (SSSR count). The van der Waals surface area contributed by atoms with Crippen LogP contribution in [0.4, 0.5) is 4.39 Å². The molecule has 0 N–H and O–H groups in total. The molecule has 0 bridgehead atoms. The molecular formula is C10H8BrFO3. The Hall–Kier alpha value is -1.23. The number of hydrogen-bond donors (Lipinski definition) is 0. The lowest BCUT2D eigenvalue weighted by atomic mass is 10.0. The maximum atomic E-state index is 13.3. The number of carbonyl (C=O) groups is 2. The molecule has 0 unspecified atom stereocenters. The molecule has 0 atom stereocenters. The van der Waals surface area contributed by atoms with E-state index in [1.807, 2.05) is 0 Å². The fraction of sp³-hybridized carbons (Fsp3) is 0.200. The summed E-state index contributed by atoms with van der Waals surface area (Å²) in [6, 6.07) is 2.41. The highest BCUT2D eigenvalue weighted by atomic mass is 79.9. The summed E-state index contributed by atoms with van der Waals surface area (Å²) in [7, 11) is 1.36. The van der Waals surface area contributed by atoms with Gasteiger partial charge in [0.1, 0.15) is 11.6 Å². The molecule has 80 valence electrons. The summed E-state index contributed by atoms with van der Waals surface area (Å²) >= 11 is 2.96. The number of rotatable bonds is 4. The van der Waals surface area contributed by atoms with Crippen LogP contribution in [-0.4, -0.2) is 24.5 Å². The zero-order valence-corrected chi connectivity index (χ0v) is 9.51. The topological polar surface area (TPSA) is 43.4 Å². The molecule has 1 aromatic carbocycles. The quantitative estimate of drug-likeness (QED) is 0.480. The van der Waals surface area contributed by atoms with Gasteiger partial charge in [-0.1, -0.05) is 15.9 Å². The lowest BCUT2D eigenvalue weighted by Gasteiger charge is -2.06. The SMILES string of the molecule is COc1cc(F)c(C=O)c(C(=O)CBr)c1. The molecule has 0 heterocycles. The Labute approximate surface area is 94.4 Å². The summed E-state index contributed by atoms with van der Waals surface area (Å²) in [4.78, 5) is 22.0. The molecule has 0 radical (unpaired) electrons. The van der Waals surface area contributed by atoms with Gasteiger partial charge in [0.15, 0.2) is 12.1 Å². The summed E-state index contributed by atoms with van der Waals surface area (Å²) in [6.45, 7) is 0. The average Bonchev–Trinajstić information content (AvgIpc) is 2.26. The molecule has 0 amide bonds. The van der Waals surface area contributed by atoms with Gasteiger partial charge in [-0.15, -0.1) is 0 Å². The van der Waals surface area contributed by atoms with Crippen LogP contribution in [0.25, 0.3) is 0 Å². The van der Waals surface area contributed by atoms with Gasteiger partial charge < -0.3 is 4.74 Å². The molecule has 0 fully saturated rings. The van der Waals surface area contributed by atoms with Crippen molar-refractivity contribution >= 4 is 28.0 Å². The number of aldehydes is 1. The number of carbonyl (C=O) groups excluding carboxylic acids is 2. The average molecular weight is 275 g/mol. The number of methoxy groups -OCH3 is 1. The van der Waals surface area contributed by atoms with E-state index in [9.17, 15) is 14.0 Å². The van der Waals surface area contributed by atoms with Crippen molar-refractivity contribution in [3.63, 3.8) is 0 Å². The van der Waals surface area contributed by atoms with E-state index < -0.39 is 5.82 Å². The predicted molar refractivity (Wildman–Crippen MR) is 56.5 cm³/mol. The molecule has 0 saturated heterocycles. The number of hydrogen-bond acceptors (Lipinski definition) is 3. The van der Waals surface area contributed by atoms with Crippen LogP contribution in [0.3, 0.4) is 0 Å². The highest BCUT2D eigenvalue weighted by Gasteiger charge is 2.16. The fourth-order valence-electron chi connectivity index (χ4n) is 1.13. The van der Waals surface area contributed by atoms with Crippen LogP contribution in [0.2, 0.25) is 0 Å². The van der Waals surface area contributed by atoms with Crippen molar-refractivity contribution in [3.05, 3.63) is 29.1 Å². The molecule has 0 saturated carbocycles. The molecule has 3 nitrogen and oxygen atoms in total. The zero-order chi connectivity index (χ0) is 11.4. The molecule has 0 spiro atoms. The van der Waals surface area contributed by atoms with E-state index in [1.54, 1.807) is 0 Å². The third-order valence-electron chi connectivity index (χ3n) is 1.88. The van der Waals surface area contributed by atoms with E-state index in [-0.39, 0.29) is 28.0 Å². The second-order valence-corrected chi connectivity index (χ2v) is 3.31. The summed E-state index contributed by atoms with van der Waals surface area (Å²) in [5, 5.41) is 0.0282. The maximum Gasteiger partial charge on any atom is 0.174 e.